The van der Waals surface area contributed by atoms with Gasteiger partial charge < -0.3 is 14.8 Å². The van der Waals surface area contributed by atoms with Crippen LogP contribution in [0.3, 0.4) is 0 Å². The van der Waals surface area contributed by atoms with E-state index in [4.69, 9.17) is 9.47 Å². The third-order valence-electron chi connectivity index (χ3n) is 2.61. The molecule has 1 rings (SSSR count). The standard InChI is InChI=1S/C13H18BrNO3/c1-4-10(8-17-2)15-13(16)9-5-6-12(18-3)11(14)7-9/h5-7,10H,4,8H2,1-3H3,(H,15,16). The highest BCUT2D eigenvalue weighted by atomic mass is 79.9. The molecule has 1 amide bonds. The van der Waals surface area contributed by atoms with E-state index in [1.807, 2.05) is 6.92 Å². The summed E-state index contributed by atoms with van der Waals surface area (Å²) in [5, 5.41) is 2.92. The molecule has 1 aromatic rings. The molecule has 1 N–H and O–H groups in total. The Balaban J connectivity index is 2.74. The molecule has 0 spiro atoms. The molecule has 0 bridgehead atoms. The number of hydrogen-bond donors (Lipinski definition) is 1. The van der Waals surface area contributed by atoms with Gasteiger partial charge in [-0.1, -0.05) is 6.92 Å². The quantitative estimate of drug-likeness (QED) is 0.877. The van der Waals surface area contributed by atoms with Crippen LogP contribution in [-0.4, -0.2) is 32.8 Å². The number of halogens is 1. The van der Waals surface area contributed by atoms with Gasteiger partial charge >= 0.3 is 0 Å². The van der Waals surface area contributed by atoms with Gasteiger partial charge in [0.15, 0.2) is 0 Å². The lowest BCUT2D eigenvalue weighted by atomic mass is 10.1. The molecule has 0 saturated heterocycles. The highest BCUT2D eigenvalue weighted by molar-refractivity contribution is 9.10. The number of carbonyl (C=O) groups is 1. The lowest BCUT2D eigenvalue weighted by Gasteiger charge is -2.16. The van der Waals surface area contributed by atoms with Crippen LogP contribution in [0.15, 0.2) is 22.7 Å². The van der Waals surface area contributed by atoms with Crippen LogP contribution in [0.25, 0.3) is 0 Å². The lowest BCUT2D eigenvalue weighted by Crippen LogP contribution is -2.37. The van der Waals surface area contributed by atoms with Gasteiger partial charge in [-0.25, -0.2) is 0 Å². The fourth-order valence-electron chi connectivity index (χ4n) is 1.54. The summed E-state index contributed by atoms with van der Waals surface area (Å²) >= 11 is 3.36. The normalized spacial score (nSPS) is 12.0. The predicted octanol–water partition coefficient (Wildman–Crippen LogP) is 2.61. The molecule has 0 aliphatic carbocycles. The average Bonchev–Trinajstić information content (AvgIpc) is 2.37. The molecular formula is C13H18BrNO3. The van der Waals surface area contributed by atoms with E-state index >= 15 is 0 Å². The maximum Gasteiger partial charge on any atom is 0.251 e. The van der Waals surface area contributed by atoms with Crippen LogP contribution >= 0.6 is 15.9 Å². The van der Waals surface area contributed by atoms with Crippen molar-refractivity contribution in [2.24, 2.45) is 0 Å². The molecule has 0 aliphatic heterocycles. The molecule has 4 nitrogen and oxygen atoms in total. The Morgan fingerprint density at radius 2 is 2.17 bits per heavy atom. The summed E-state index contributed by atoms with van der Waals surface area (Å²) in [7, 11) is 3.21. The van der Waals surface area contributed by atoms with Gasteiger partial charge in [0, 0.05) is 12.7 Å². The first-order chi connectivity index (χ1) is 8.62. The number of nitrogens with one attached hydrogen (secondary N) is 1. The van der Waals surface area contributed by atoms with Crippen LogP contribution in [0.5, 0.6) is 5.75 Å². The Labute approximate surface area is 116 Å². The summed E-state index contributed by atoms with van der Waals surface area (Å²) < 4.78 is 10.9. The van der Waals surface area contributed by atoms with Crippen LogP contribution in [0.4, 0.5) is 0 Å². The van der Waals surface area contributed by atoms with Crippen molar-refractivity contribution in [1.82, 2.24) is 5.32 Å². The van der Waals surface area contributed by atoms with Crippen molar-refractivity contribution in [1.29, 1.82) is 0 Å². The third-order valence-corrected chi connectivity index (χ3v) is 3.23. The minimum absolute atomic E-state index is 0.0309. The molecule has 0 fully saturated rings. The minimum atomic E-state index is -0.109. The molecule has 1 aromatic carbocycles. The smallest absolute Gasteiger partial charge is 0.251 e. The Kier molecular flexibility index (Phi) is 6.15. The highest BCUT2D eigenvalue weighted by Gasteiger charge is 2.13. The summed E-state index contributed by atoms with van der Waals surface area (Å²) in [6, 6.07) is 5.27. The first kappa shape index (κ1) is 15.0. The van der Waals surface area contributed by atoms with Gasteiger partial charge in [-0.2, -0.15) is 0 Å². The number of hydrogen-bond acceptors (Lipinski definition) is 3. The van der Waals surface area contributed by atoms with Gasteiger partial charge in [0.1, 0.15) is 5.75 Å². The van der Waals surface area contributed by atoms with Crippen LogP contribution in [-0.2, 0) is 4.74 Å². The number of ether oxygens (including phenoxy) is 2. The largest absolute Gasteiger partial charge is 0.496 e. The summed E-state index contributed by atoms with van der Waals surface area (Å²) in [4.78, 5) is 12.0. The predicted molar refractivity (Wildman–Crippen MR) is 74.1 cm³/mol. The van der Waals surface area contributed by atoms with E-state index in [0.29, 0.717) is 17.9 Å². The van der Waals surface area contributed by atoms with E-state index < -0.39 is 0 Å². The molecule has 5 heteroatoms. The van der Waals surface area contributed by atoms with E-state index in [-0.39, 0.29) is 11.9 Å². The fourth-order valence-corrected chi connectivity index (χ4v) is 2.08. The van der Waals surface area contributed by atoms with Gasteiger partial charge in [0.2, 0.25) is 0 Å². The molecular weight excluding hydrogens is 298 g/mol. The minimum Gasteiger partial charge on any atom is -0.496 e. The second-order valence-electron chi connectivity index (χ2n) is 3.88. The van der Waals surface area contributed by atoms with Crippen molar-refractivity contribution < 1.29 is 14.3 Å². The van der Waals surface area contributed by atoms with E-state index in [0.717, 1.165) is 10.9 Å². The maximum atomic E-state index is 12.0. The Morgan fingerprint density at radius 1 is 1.44 bits per heavy atom. The van der Waals surface area contributed by atoms with Crippen LogP contribution in [0.2, 0.25) is 0 Å². The molecule has 0 aromatic heterocycles. The SMILES string of the molecule is CCC(COC)NC(=O)c1ccc(OC)c(Br)c1. The molecule has 100 valence electrons. The van der Waals surface area contributed by atoms with Crippen molar-refractivity contribution >= 4 is 21.8 Å². The molecule has 1 unspecified atom stereocenters. The highest BCUT2D eigenvalue weighted by Crippen LogP contribution is 2.25. The fraction of sp³-hybridized carbons (Fsp3) is 0.462. The zero-order valence-corrected chi connectivity index (χ0v) is 12.4. The van der Waals surface area contributed by atoms with Crippen molar-refractivity contribution in [3.63, 3.8) is 0 Å². The Bertz CT molecular complexity index is 409. The van der Waals surface area contributed by atoms with Crippen molar-refractivity contribution in [2.45, 2.75) is 19.4 Å². The first-order valence-corrected chi connectivity index (χ1v) is 6.55. The second kappa shape index (κ2) is 7.38. The van der Waals surface area contributed by atoms with Gasteiger partial charge in [-0.15, -0.1) is 0 Å². The van der Waals surface area contributed by atoms with Gasteiger partial charge in [-0.3, -0.25) is 4.79 Å². The van der Waals surface area contributed by atoms with Crippen LogP contribution < -0.4 is 10.1 Å². The van der Waals surface area contributed by atoms with Gasteiger partial charge in [0.05, 0.1) is 24.2 Å². The molecule has 18 heavy (non-hydrogen) atoms. The van der Waals surface area contributed by atoms with Gasteiger partial charge in [0.25, 0.3) is 5.91 Å². The first-order valence-electron chi connectivity index (χ1n) is 5.75. The monoisotopic (exact) mass is 315 g/mol. The number of carbonyl (C=O) groups excluding carboxylic acids is 1. The number of methoxy groups -OCH3 is 2. The summed E-state index contributed by atoms with van der Waals surface area (Å²) in [5.41, 5.74) is 0.595. The molecule has 0 radical (unpaired) electrons. The van der Waals surface area contributed by atoms with E-state index in [9.17, 15) is 4.79 Å². The van der Waals surface area contributed by atoms with Crippen LogP contribution in [0, 0.1) is 0 Å². The van der Waals surface area contributed by atoms with E-state index in [1.54, 1.807) is 32.4 Å². The van der Waals surface area contributed by atoms with Crippen molar-refractivity contribution in [3.8, 4) is 5.75 Å². The molecule has 0 heterocycles. The average molecular weight is 316 g/mol. The second-order valence-corrected chi connectivity index (χ2v) is 4.74. The van der Waals surface area contributed by atoms with Gasteiger partial charge in [-0.05, 0) is 40.5 Å². The molecule has 0 aliphatic rings. The third kappa shape index (κ3) is 3.99. The van der Waals surface area contributed by atoms with Crippen molar-refractivity contribution in [3.05, 3.63) is 28.2 Å². The summed E-state index contributed by atoms with van der Waals surface area (Å²) in [6.07, 6.45) is 0.830. The number of benzene rings is 1. The zero-order valence-electron chi connectivity index (χ0n) is 10.8. The van der Waals surface area contributed by atoms with E-state index in [1.165, 1.54) is 0 Å². The summed E-state index contributed by atoms with van der Waals surface area (Å²) in [6.45, 7) is 2.52. The lowest BCUT2D eigenvalue weighted by molar-refractivity contribution is 0.0894. The molecule has 1 atom stereocenters. The maximum absolute atomic E-state index is 12.0. The van der Waals surface area contributed by atoms with E-state index in [2.05, 4.69) is 21.2 Å². The summed E-state index contributed by atoms with van der Waals surface area (Å²) in [5.74, 6) is 0.595. The van der Waals surface area contributed by atoms with Crippen LogP contribution in [0.1, 0.15) is 23.7 Å². The topological polar surface area (TPSA) is 47.6 Å². The zero-order chi connectivity index (χ0) is 13.5. The Hall–Kier alpha value is -1.07. The molecule has 0 saturated carbocycles. The Morgan fingerprint density at radius 3 is 2.67 bits per heavy atom. The number of rotatable bonds is 6. The number of amides is 1. The van der Waals surface area contributed by atoms with Crippen molar-refractivity contribution in [2.75, 3.05) is 20.8 Å².